The summed E-state index contributed by atoms with van der Waals surface area (Å²) in [6.07, 6.45) is 1.28. The predicted octanol–water partition coefficient (Wildman–Crippen LogP) is 2.22. The fourth-order valence-electron chi connectivity index (χ4n) is 2.16. The molecule has 0 spiro atoms. The van der Waals surface area contributed by atoms with Gasteiger partial charge in [-0.25, -0.2) is 5.43 Å². The van der Waals surface area contributed by atoms with Crippen molar-refractivity contribution in [3.63, 3.8) is 0 Å². The Labute approximate surface area is 167 Å². The second-order valence-electron chi connectivity index (χ2n) is 5.51. The highest BCUT2D eigenvalue weighted by atomic mass is 35.5. The Hall–Kier alpha value is -3.26. The number of nitrogens with zero attached hydrogens (tertiary/aromatic N) is 1. The van der Waals surface area contributed by atoms with Crippen LogP contribution in [0.1, 0.15) is 18.1 Å². The molecule has 0 aliphatic carbocycles. The van der Waals surface area contributed by atoms with Crippen molar-refractivity contribution >= 4 is 29.6 Å². The van der Waals surface area contributed by atoms with E-state index in [4.69, 9.17) is 21.1 Å². The minimum absolute atomic E-state index is 0.0796. The maximum Gasteiger partial charge on any atom is 0.329 e. The number of phenolic OH excluding ortho intramolecular Hbond substituents is 1. The second kappa shape index (κ2) is 10.2. The minimum atomic E-state index is -0.917. The topological polar surface area (TPSA) is 109 Å². The number of ether oxygens (including phenoxy) is 2. The average molecular weight is 406 g/mol. The third kappa shape index (κ3) is 5.88. The van der Waals surface area contributed by atoms with E-state index in [0.29, 0.717) is 17.9 Å². The van der Waals surface area contributed by atoms with Crippen molar-refractivity contribution in [3.8, 4) is 17.2 Å². The third-order valence-electron chi connectivity index (χ3n) is 3.55. The summed E-state index contributed by atoms with van der Waals surface area (Å²) < 4.78 is 10.3. The van der Waals surface area contributed by atoms with Gasteiger partial charge in [0.1, 0.15) is 5.75 Å². The Morgan fingerprint density at radius 1 is 1.21 bits per heavy atom. The average Bonchev–Trinajstić information content (AvgIpc) is 2.70. The maximum absolute atomic E-state index is 11.8. The summed E-state index contributed by atoms with van der Waals surface area (Å²) in [6, 6.07) is 10.0. The van der Waals surface area contributed by atoms with Crippen LogP contribution in [0.15, 0.2) is 41.5 Å². The number of phenols is 1. The van der Waals surface area contributed by atoms with Gasteiger partial charge in [-0.3, -0.25) is 9.59 Å². The number of carbonyl (C=O) groups is 2. The number of benzene rings is 2. The zero-order valence-corrected chi connectivity index (χ0v) is 16.1. The molecule has 2 aromatic rings. The fourth-order valence-corrected chi connectivity index (χ4v) is 2.38. The lowest BCUT2D eigenvalue weighted by molar-refractivity contribution is -0.139. The highest BCUT2D eigenvalue weighted by Gasteiger charge is 2.12. The van der Waals surface area contributed by atoms with E-state index in [0.717, 1.165) is 5.56 Å². The van der Waals surface area contributed by atoms with Crippen LogP contribution in [0.5, 0.6) is 17.2 Å². The lowest BCUT2D eigenvalue weighted by Gasteiger charge is -2.08. The van der Waals surface area contributed by atoms with Gasteiger partial charge in [0, 0.05) is 6.54 Å². The lowest BCUT2D eigenvalue weighted by atomic mass is 10.2. The number of rotatable bonds is 7. The van der Waals surface area contributed by atoms with Gasteiger partial charge >= 0.3 is 11.8 Å². The number of hydrogen-bond donors (Lipinski definition) is 3. The van der Waals surface area contributed by atoms with Crippen LogP contribution in [0, 0.1) is 0 Å². The number of hydrazone groups is 1. The smallest absolute Gasteiger partial charge is 0.329 e. The van der Waals surface area contributed by atoms with Crippen LogP contribution >= 0.6 is 11.6 Å². The molecular formula is C19H20ClN3O5. The van der Waals surface area contributed by atoms with Crippen LogP contribution in [0.3, 0.4) is 0 Å². The van der Waals surface area contributed by atoms with Gasteiger partial charge in [-0.2, -0.15) is 5.10 Å². The minimum Gasteiger partial charge on any atom is -0.503 e. The van der Waals surface area contributed by atoms with Crippen molar-refractivity contribution in [2.75, 3.05) is 13.7 Å². The molecule has 0 atom stereocenters. The number of methoxy groups -OCH3 is 1. The van der Waals surface area contributed by atoms with Gasteiger partial charge in [0.05, 0.1) is 25.0 Å². The van der Waals surface area contributed by atoms with Crippen LogP contribution in [-0.4, -0.2) is 36.9 Å². The third-order valence-corrected chi connectivity index (χ3v) is 3.84. The SMILES string of the molecule is CCOc1cc(/C=N\NC(=O)C(=O)NCc2ccc(OC)cc2)cc(Cl)c1O. The van der Waals surface area contributed by atoms with Crippen molar-refractivity contribution in [1.82, 2.24) is 10.7 Å². The molecule has 2 rings (SSSR count). The molecule has 148 valence electrons. The molecule has 2 aromatic carbocycles. The van der Waals surface area contributed by atoms with E-state index in [9.17, 15) is 14.7 Å². The van der Waals surface area contributed by atoms with E-state index >= 15 is 0 Å². The van der Waals surface area contributed by atoms with Gasteiger partial charge in [0.25, 0.3) is 0 Å². The van der Waals surface area contributed by atoms with Crippen molar-refractivity contribution in [1.29, 1.82) is 0 Å². The van der Waals surface area contributed by atoms with E-state index in [1.165, 1.54) is 18.3 Å². The molecule has 8 nitrogen and oxygen atoms in total. The molecule has 2 amide bonds. The first-order valence-electron chi connectivity index (χ1n) is 8.34. The first-order chi connectivity index (χ1) is 13.4. The van der Waals surface area contributed by atoms with E-state index in [2.05, 4.69) is 15.8 Å². The van der Waals surface area contributed by atoms with E-state index in [-0.39, 0.29) is 23.1 Å². The predicted molar refractivity (Wildman–Crippen MR) is 105 cm³/mol. The zero-order valence-electron chi connectivity index (χ0n) is 15.4. The molecular weight excluding hydrogens is 386 g/mol. The summed E-state index contributed by atoms with van der Waals surface area (Å²) in [6.45, 7) is 2.29. The fraction of sp³-hybridized carbons (Fsp3) is 0.211. The monoisotopic (exact) mass is 405 g/mol. The summed E-state index contributed by atoms with van der Waals surface area (Å²) in [7, 11) is 1.56. The lowest BCUT2D eigenvalue weighted by Crippen LogP contribution is -2.37. The molecule has 9 heteroatoms. The molecule has 0 heterocycles. The molecule has 0 aromatic heterocycles. The largest absolute Gasteiger partial charge is 0.503 e. The number of nitrogens with one attached hydrogen (secondary N) is 2. The van der Waals surface area contributed by atoms with E-state index in [1.54, 1.807) is 38.3 Å². The van der Waals surface area contributed by atoms with Gasteiger partial charge in [0.2, 0.25) is 0 Å². The van der Waals surface area contributed by atoms with Gasteiger partial charge in [-0.05, 0) is 42.3 Å². The van der Waals surface area contributed by atoms with Gasteiger partial charge < -0.3 is 19.9 Å². The summed E-state index contributed by atoms with van der Waals surface area (Å²) in [5.41, 5.74) is 3.41. The number of aromatic hydroxyl groups is 1. The second-order valence-corrected chi connectivity index (χ2v) is 5.92. The van der Waals surface area contributed by atoms with Gasteiger partial charge in [-0.15, -0.1) is 0 Å². The molecule has 3 N–H and O–H groups in total. The highest BCUT2D eigenvalue weighted by molar-refractivity contribution is 6.35. The normalized spacial score (nSPS) is 10.5. The van der Waals surface area contributed by atoms with Crippen molar-refractivity contribution in [2.45, 2.75) is 13.5 Å². The molecule has 0 saturated carbocycles. The van der Waals surface area contributed by atoms with Crippen LogP contribution in [0.25, 0.3) is 0 Å². The van der Waals surface area contributed by atoms with E-state index in [1.807, 2.05) is 0 Å². The Morgan fingerprint density at radius 2 is 1.93 bits per heavy atom. The number of halogens is 1. The highest BCUT2D eigenvalue weighted by Crippen LogP contribution is 2.34. The molecule has 0 saturated heterocycles. The first-order valence-corrected chi connectivity index (χ1v) is 8.71. The number of amides is 2. The molecule has 28 heavy (non-hydrogen) atoms. The van der Waals surface area contributed by atoms with Gasteiger partial charge in [0.15, 0.2) is 11.5 Å². The first kappa shape index (κ1) is 21.0. The molecule has 0 fully saturated rings. The summed E-state index contributed by atoms with van der Waals surface area (Å²) in [5, 5.41) is 16.1. The summed E-state index contributed by atoms with van der Waals surface area (Å²) in [5.74, 6) is -1.03. The molecule has 0 unspecified atom stereocenters. The van der Waals surface area contributed by atoms with Crippen molar-refractivity contribution < 1.29 is 24.2 Å². The van der Waals surface area contributed by atoms with Crippen molar-refractivity contribution in [2.24, 2.45) is 5.10 Å². The Kier molecular flexibility index (Phi) is 7.65. The Balaban J connectivity index is 1.89. The standard InChI is InChI=1S/C19H20ClN3O5/c1-3-28-16-9-13(8-15(20)17(16)24)11-22-23-19(26)18(25)21-10-12-4-6-14(27-2)7-5-12/h4-9,11,24H,3,10H2,1-2H3,(H,21,25)(H,23,26)/b22-11-. The number of hydrogen-bond acceptors (Lipinski definition) is 6. The molecule has 0 radical (unpaired) electrons. The van der Waals surface area contributed by atoms with Crippen LogP contribution in [0.2, 0.25) is 5.02 Å². The quantitative estimate of drug-likeness (QED) is 0.372. The zero-order chi connectivity index (χ0) is 20.5. The molecule has 0 aliphatic heterocycles. The number of carbonyl (C=O) groups excluding carboxylic acids is 2. The van der Waals surface area contributed by atoms with E-state index < -0.39 is 11.8 Å². The summed E-state index contributed by atoms with van der Waals surface area (Å²) >= 11 is 5.91. The summed E-state index contributed by atoms with van der Waals surface area (Å²) in [4.78, 5) is 23.6. The van der Waals surface area contributed by atoms with Crippen molar-refractivity contribution in [3.05, 3.63) is 52.5 Å². The van der Waals surface area contributed by atoms with Gasteiger partial charge in [-0.1, -0.05) is 23.7 Å². The van der Waals surface area contributed by atoms with Crippen LogP contribution in [0.4, 0.5) is 0 Å². The Bertz CT molecular complexity index is 869. The maximum atomic E-state index is 11.8. The van der Waals surface area contributed by atoms with Crippen LogP contribution < -0.4 is 20.2 Å². The van der Waals surface area contributed by atoms with Crippen LogP contribution in [-0.2, 0) is 16.1 Å². The molecule has 0 bridgehead atoms. The molecule has 0 aliphatic rings. The Morgan fingerprint density at radius 3 is 2.57 bits per heavy atom.